The molecule has 1 heterocycles. The summed E-state index contributed by atoms with van der Waals surface area (Å²) in [7, 11) is 0. The number of carboxylic acids is 1. The summed E-state index contributed by atoms with van der Waals surface area (Å²) in [6.45, 7) is 1.49. The van der Waals surface area contributed by atoms with E-state index in [9.17, 15) is 9.59 Å². The number of rotatable bonds is 4. The van der Waals surface area contributed by atoms with Gasteiger partial charge in [0.05, 0.1) is 11.6 Å². The maximum atomic E-state index is 11.4. The minimum absolute atomic E-state index is 0.201. The first-order valence-corrected chi connectivity index (χ1v) is 6.43. The van der Waals surface area contributed by atoms with Crippen molar-refractivity contribution in [3.8, 4) is 0 Å². The zero-order valence-corrected chi connectivity index (χ0v) is 10.7. The van der Waals surface area contributed by atoms with Gasteiger partial charge in [-0.05, 0) is 37.1 Å². The molecule has 0 aliphatic carbocycles. The third-order valence-corrected chi connectivity index (χ3v) is 3.53. The Morgan fingerprint density at radius 1 is 1.26 bits per heavy atom. The molecule has 0 spiro atoms. The highest BCUT2D eigenvalue weighted by Crippen LogP contribution is 2.19. The molecular weight excluding hydrogens is 244 g/mol. The fourth-order valence-corrected chi connectivity index (χ4v) is 2.49. The van der Waals surface area contributed by atoms with Crippen molar-refractivity contribution in [3.05, 3.63) is 35.4 Å². The number of aromatic carboxylic acids is 1. The topological polar surface area (TPSA) is 83.6 Å². The molecule has 1 aromatic carbocycles. The molecule has 5 heteroatoms. The maximum Gasteiger partial charge on any atom is 0.335 e. The largest absolute Gasteiger partial charge is 0.478 e. The van der Waals surface area contributed by atoms with Crippen LogP contribution in [0.25, 0.3) is 0 Å². The first-order valence-electron chi connectivity index (χ1n) is 6.43. The lowest BCUT2D eigenvalue weighted by atomic mass is 10.0. The van der Waals surface area contributed by atoms with Crippen molar-refractivity contribution in [3.63, 3.8) is 0 Å². The van der Waals surface area contributed by atoms with Crippen LogP contribution in [0.4, 0.5) is 0 Å². The van der Waals surface area contributed by atoms with Crippen molar-refractivity contribution in [1.29, 1.82) is 0 Å². The number of amides is 1. The summed E-state index contributed by atoms with van der Waals surface area (Å²) in [6, 6.07) is 6.54. The van der Waals surface area contributed by atoms with Gasteiger partial charge in [0.25, 0.3) is 0 Å². The molecule has 3 N–H and O–H groups in total. The molecule has 5 nitrogen and oxygen atoms in total. The highest BCUT2D eigenvalue weighted by molar-refractivity contribution is 5.87. The van der Waals surface area contributed by atoms with Crippen molar-refractivity contribution >= 4 is 11.9 Å². The number of hydrogen-bond acceptors (Lipinski definition) is 3. The predicted octanol–water partition coefficient (Wildman–Crippen LogP) is 1.22. The summed E-state index contributed by atoms with van der Waals surface area (Å²) >= 11 is 0. The number of carbonyl (C=O) groups is 2. The van der Waals surface area contributed by atoms with Gasteiger partial charge < -0.3 is 10.8 Å². The first-order chi connectivity index (χ1) is 9.08. The van der Waals surface area contributed by atoms with Gasteiger partial charge in [-0.25, -0.2) is 4.79 Å². The number of primary amides is 1. The number of nitrogens with two attached hydrogens (primary N) is 1. The monoisotopic (exact) mass is 262 g/mol. The van der Waals surface area contributed by atoms with Crippen LogP contribution in [-0.4, -0.2) is 34.5 Å². The Balaban J connectivity index is 2.06. The van der Waals surface area contributed by atoms with E-state index in [-0.39, 0.29) is 17.5 Å². The van der Waals surface area contributed by atoms with Gasteiger partial charge in [-0.2, -0.15) is 0 Å². The standard InChI is InChI=1S/C14H18N2O3/c15-13(17)12-3-1-2-8-16(12)9-10-4-6-11(7-5-10)14(18)19/h4-7,12H,1-3,8-9H2,(H2,15,17)(H,18,19). The Morgan fingerprint density at radius 2 is 1.95 bits per heavy atom. The quantitative estimate of drug-likeness (QED) is 0.854. The number of carbonyl (C=O) groups excluding carboxylic acids is 1. The normalized spacial score (nSPS) is 20.1. The number of benzene rings is 1. The van der Waals surface area contributed by atoms with Crippen LogP contribution in [-0.2, 0) is 11.3 Å². The Kier molecular flexibility index (Phi) is 4.16. The average molecular weight is 262 g/mol. The highest BCUT2D eigenvalue weighted by atomic mass is 16.4. The minimum Gasteiger partial charge on any atom is -0.478 e. The summed E-state index contributed by atoms with van der Waals surface area (Å²) in [5.41, 5.74) is 6.69. The van der Waals surface area contributed by atoms with Gasteiger partial charge in [-0.15, -0.1) is 0 Å². The summed E-state index contributed by atoms with van der Waals surface area (Å²) in [4.78, 5) is 24.2. The molecule has 0 aromatic heterocycles. The molecule has 1 fully saturated rings. The molecule has 1 aliphatic heterocycles. The fraction of sp³-hybridized carbons (Fsp3) is 0.429. The smallest absolute Gasteiger partial charge is 0.335 e. The predicted molar refractivity (Wildman–Crippen MR) is 70.6 cm³/mol. The van der Waals surface area contributed by atoms with Crippen LogP contribution in [0.15, 0.2) is 24.3 Å². The van der Waals surface area contributed by atoms with Crippen LogP contribution in [0.3, 0.4) is 0 Å². The van der Waals surface area contributed by atoms with E-state index in [1.807, 2.05) is 0 Å². The van der Waals surface area contributed by atoms with E-state index >= 15 is 0 Å². The Bertz CT molecular complexity index is 470. The van der Waals surface area contributed by atoms with Crippen molar-refractivity contribution in [2.75, 3.05) is 6.54 Å². The number of carboxylic acid groups (broad SMARTS) is 1. The highest BCUT2D eigenvalue weighted by Gasteiger charge is 2.26. The van der Waals surface area contributed by atoms with E-state index in [1.54, 1.807) is 24.3 Å². The molecule has 1 aliphatic rings. The van der Waals surface area contributed by atoms with Gasteiger partial charge in [0, 0.05) is 6.54 Å². The van der Waals surface area contributed by atoms with Crippen molar-refractivity contribution in [2.24, 2.45) is 5.73 Å². The van der Waals surface area contributed by atoms with Gasteiger partial charge in [0.1, 0.15) is 0 Å². The van der Waals surface area contributed by atoms with Crippen LogP contribution in [0.2, 0.25) is 0 Å². The van der Waals surface area contributed by atoms with Crippen LogP contribution in [0, 0.1) is 0 Å². The van der Waals surface area contributed by atoms with Crippen LogP contribution >= 0.6 is 0 Å². The Morgan fingerprint density at radius 3 is 2.53 bits per heavy atom. The van der Waals surface area contributed by atoms with Gasteiger partial charge in [-0.1, -0.05) is 18.6 Å². The van der Waals surface area contributed by atoms with Gasteiger partial charge in [0.2, 0.25) is 5.91 Å². The SMILES string of the molecule is NC(=O)C1CCCCN1Cc1ccc(C(=O)O)cc1. The van der Waals surface area contributed by atoms with E-state index < -0.39 is 5.97 Å². The Labute approximate surface area is 112 Å². The molecule has 0 bridgehead atoms. The molecule has 2 rings (SSSR count). The van der Waals surface area contributed by atoms with Crippen LogP contribution in [0.5, 0.6) is 0 Å². The minimum atomic E-state index is -0.931. The van der Waals surface area contributed by atoms with E-state index in [0.717, 1.165) is 31.4 Å². The maximum absolute atomic E-state index is 11.4. The number of hydrogen-bond donors (Lipinski definition) is 2. The molecule has 19 heavy (non-hydrogen) atoms. The first kappa shape index (κ1) is 13.5. The fourth-order valence-electron chi connectivity index (χ4n) is 2.49. The number of likely N-dealkylation sites (tertiary alicyclic amines) is 1. The molecule has 1 amide bonds. The van der Waals surface area contributed by atoms with E-state index in [4.69, 9.17) is 10.8 Å². The third-order valence-electron chi connectivity index (χ3n) is 3.53. The second-order valence-corrected chi connectivity index (χ2v) is 4.89. The second-order valence-electron chi connectivity index (χ2n) is 4.89. The lowest BCUT2D eigenvalue weighted by molar-refractivity contribution is -0.124. The van der Waals surface area contributed by atoms with Gasteiger partial charge in [0.15, 0.2) is 0 Å². The number of piperidine rings is 1. The summed E-state index contributed by atoms with van der Waals surface area (Å²) in [5.74, 6) is -1.21. The van der Waals surface area contributed by atoms with Crippen LogP contribution < -0.4 is 5.73 Å². The van der Waals surface area contributed by atoms with E-state index in [1.165, 1.54) is 0 Å². The zero-order chi connectivity index (χ0) is 13.8. The summed E-state index contributed by atoms with van der Waals surface area (Å²) in [5, 5.41) is 8.84. The van der Waals surface area contributed by atoms with Crippen molar-refractivity contribution in [1.82, 2.24) is 4.90 Å². The molecule has 0 saturated carbocycles. The Hall–Kier alpha value is -1.88. The molecular formula is C14H18N2O3. The second kappa shape index (κ2) is 5.84. The molecule has 1 saturated heterocycles. The molecule has 1 atom stereocenters. The molecule has 0 radical (unpaired) electrons. The van der Waals surface area contributed by atoms with Crippen LogP contribution in [0.1, 0.15) is 35.2 Å². The van der Waals surface area contributed by atoms with Crippen molar-refractivity contribution in [2.45, 2.75) is 31.8 Å². The zero-order valence-electron chi connectivity index (χ0n) is 10.7. The molecule has 1 aromatic rings. The molecule has 1 unspecified atom stereocenters. The molecule has 102 valence electrons. The summed E-state index contributed by atoms with van der Waals surface area (Å²) in [6.07, 6.45) is 2.90. The number of nitrogens with zero attached hydrogens (tertiary/aromatic N) is 1. The van der Waals surface area contributed by atoms with Gasteiger partial charge in [-0.3, -0.25) is 9.69 Å². The summed E-state index contributed by atoms with van der Waals surface area (Å²) < 4.78 is 0. The van der Waals surface area contributed by atoms with E-state index in [0.29, 0.717) is 6.54 Å². The van der Waals surface area contributed by atoms with Crippen molar-refractivity contribution < 1.29 is 14.7 Å². The average Bonchev–Trinajstić information content (AvgIpc) is 2.39. The van der Waals surface area contributed by atoms with Gasteiger partial charge >= 0.3 is 5.97 Å². The third kappa shape index (κ3) is 3.32. The lowest BCUT2D eigenvalue weighted by Gasteiger charge is -2.33. The lowest BCUT2D eigenvalue weighted by Crippen LogP contribution is -2.47. The van der Waals surface area contributed by atoms with E-state index in [2.05, 4.69) is 4.90 Å².